The Hall–Kier alpha value is -7.24. The standard InChI is InChI=1S/C46H43N6O21P3/c1-23(2)42(68-20-26-19-51(44-40(26)43(47)49-22-50-44)39-18-35(55)38(71-39)21-69-75(64,65)73-76(66,67)72-74(61,62)63)30-9-5-24(14-34(30)52(59)60)4-3-13-48-45(56)25-6-10-29(46(57)58)33(15-25)41-31-11-7-27(53)16-36(31)70-37-17-28(54)8-12-32(37)41/h5-12,14-17,19,22-23,35,38-39,42,53,55H,13,18,20-21H2,1-2H3,(H,48,56)(H,57,58)(H,64,65)(H,66,67)(H2,47,49,50)(H2,61,62,63)/t35-,38+,39+,42?/m0/s1. The summed E-state index contributed by atoms with van der Waals surface area (Å²) in [5, 5.41) is 47.0. The Morgan fingerprint density at radius 3 is 2.46 bits per heavy atom. The van der Waals surface area contributed by atoms with Crippen molar-refractivity contribution in [2.24, 2.45) is 5.92 Å². The summed E-state index contributed by atoms with van der Waals surface area (Å²) >= 11 is 0. The highest BCUT2D eigenvalue weighted by molar-refractivity contribution is 7.66. The van der Waals surface area contributed by atoms with Crippen molar-refractivity contribution >= 4 is 68.9 Å². The Bertz CT molecular complexity index is 3700. The molecule has 2 aromatic heterocycles. The van der Waals surface area contributed by atoms with Gasteiger partial charge in [0.25, 0.3) is 11.6 Å². The summed E-state index contributed by atoms with van der Waals surface area (Å²) in [7, 11) is -17.0. The number of aromatic nitrogens is 3. The molecule has 30 heteroatoms. The number of carboxylic acids is 1. The SMILES string of the molecule is CC(C)C(OCc1cn([C@H]2C[C@H](O)[C@@H](COP(=O)(O)OP(=O)(O)OP(=O)(O)O)O2)c2ncnc(N)c12)c1ccc(C#CCNC(=O)c2ccc(C(=O)O)c(-c3c4ccc(=O)cc-4oc4cc(O)ccc34)c2)cc1[N+](=O)[O-]. The second-order valence-electron chi connectivity index (χ2n) is 17.2. The molecule has 4 heterocycles. The fraction of sp³-hybridized carbons (Fsp3) is 0.239. The maximum Gasteiger partial charge on any atom is 0.490 e. The molecule has 10 N–H and O–H groups in total. The van der Waals surface area contributed by atoms with Crippen molar-refractivity contribution in [3.63, 3.8) is 0 Å². The van der Waals surface area contributed by atoms with E-state index in [2.05, 4.69) is 40.3 Å². The van der Waals surface area contributed by atoms with Crippen LogP contribution in [-0.2, 0) is 42.9 Å². The number of nitro benzene ring substituents is 1. The van der Waals surface area contributed by atoms with E-state index in [4.69, 9.17) is 29.4 Å². The van der Waals surface area contributed by atoms with Gasteiger partial charge in [0.15, 0.2) is 5.43 Å². The second kappa shape index (κ2) is 21.8. The van der Waals surface area contributed by atoms with E-state index in [0.29, 0.717) is 27.5 Å². The number of phosphoric acid groups is 3. The molecule has 398 valence electrons. The number of carbonyl (C=O) groups is 2. The number of aromatic hydroxyl groups is 1. The van der Waals surface area contributed by atoms with Gasteiger partial charge in [-0.05, 0) is 66.1 Å². The number of anilines is 1. The predicted octanol–water partition coefficient (Wildman–Crippen LogP) is 5.89. The quantitative estimate of drug-likeness (QED) is 0.0159. The topological polar surface area (TPSA) is 415 Å². The number of hydrogen-bond acceptors (Lipinski definition) is 19. The largest absolute Gasteiger partial charge is 0.508 e. The smallest absolute Gasteiger partial charge is 0.490 e. The number of hydrogen-bond donors (Lipinski definition) is 9. The van der Waals surface area contributed by atoms with Crippen LogP contribution in [0.3, 0.4) is 0 Å². The van der Waals surface area contributed by atoms with Crippen molar-refractivity contribution in [1.29, 1.82) is 0 Å². The molecule has 6 atom stereocenters. The van der Waals surface area contributed by atoms with Gasteiger partial charge in [0.2, 0.25) is 0 Å². The molecule has 27 nitrogen and oxygen atoms in total. The Morgan fingerprint density at radius 2 is 1.75 bits per heavy atom. The molecule has 3 aromatic carbocycles. The lowest BCUT2D eigenvalue weighted by atomic mass is 9.89. The molecule has 0 saturated carbocycles. The molecule has 0 radical (unpaired) electrons. The van der Waals surface area contributed by atoms with Crippen molar-refractivity contribution in [3.8, 4) is 40.0 Å². The van der Waals surface area contributed by atoms with Crippen LogP contribution in [0.5, 0.6) is 5.75 Å². The average molecular weight is 1110 g/mol. The molecule has 3 unspecified atom stereocenters. The van der Waals surface area contributed by atoms with Crippen LogP contribution in [0.1, 0.15) is 70.0 Å². The second-order valence-corrected chi connectivity index (χ2v) is 21.6. The van der Waals surface area contributed by atoms with E-state index in [1.165, 1.54) is 83.6 Å². The molecule has 0 bridgehead atoms. The van der Waals surface area contributed by atoms with E-state index in [9.17, 15) is 63.3 Å². The van der Waals surface area contributed by atoms with Crippen LogP contribution in [0.4, 0.5) is 11.5 Å². The van der Waals surface area contributed by atoms with Crippen LogP contribution in [0.15, 0.2) is 94.5 Å². The normalized spacial score (nSPS) is 17.8. The minimum absolute atomic E-state index is 0.00618. The summed E-state index contributed by atoms with van der Waals surface area (Å²) in [6.45, 7) is 2.15. The van der Waals surface area contributed by atoms with Gasteiger partial charge in [-0.2, -0.15) is 8.62 Å². The highest BCUT2D eigenvalue weighted by atomic mass is 31.3. The number of nitrogens with two attached hydrogens (primary N) is 1. The molecule has 76 heavy (non-hydrogen) atoms. The number of ether oxygens (including phenoxy) is 2. The number of aliphatic hydroxyl groups is 1. The number of phenolic OH excluding ortho intramolecular Hbond substituents is 1. The first-order chi connectivity index (χ1) is 35.8. The number of nitrogens with zero attached hydrogens (tertiary/aromatic N) is 4. The van der Waals surface area contributed by atoms with E-state index in [0.717, 1.165) is 6.33 Å². The maximum atomic E-state index is 13.5. The molecule has 1 saturated heterocycles. The van der Waals surface area contributed by atoms with Gasteiger partial charge >= 0.3 is 29.4 Å². The zero-order valence-electron chi connectivity index (χ0n) is 39.4. The van der Waals surface area contributed by atoms with Crippen LogP contribution in [0.2, 0.25) is 0 Å². The lowest BCUT2D eigenvalue weighted by Gasteiger charge is -2.22. The number of benzene rings is 4. The third-order valence-corrected chi connectivity index (χ3v) is 15.4. The number of rotatable bonds is 18. The van der Waals surface area contributed by atoms with Crippen LogP contribution in [-0.4, -0.2) is 91.6 Å². The number of fused-ring (bicyclic) bond motifs is 3. The van der Waals surface area contributed by atoms with E-state index >= 15 is 0 Å². The van der Waals surface area contributed by atoms with Gasteiger partial charge in [-0.25, -0.2) is 28.5 Å². The minimum atomic E-state index is -5.81. The third kappa shape index (κ3) is 12.4. The summed E-state index contributed by atoms with van der Waals surface area (Å²) in [5.74, 6) is 3.26. The monoisotopic (exact) mass is 1110 g/mol. The fourth-order valence-electron chi connectivity index (χ4n) is 8.46. The number of nitrogen functional groups attached to an aromatic ring is 1. The van der Waals surface area contributed by atoms with Crippen molar-refractivity contribution < 1.29 is 90.1 Å². The summed E-state index contributed by atoms with van der Waals surface area (Å²) in [5.41, 5.74) is 7.42. The van der Waals surface area contributed by atoms with Crippen LogP contribution >= 0.6 is 23.5 Å². The summed E-state index contributed by atoms with van der Waals surface area (Å²) in [6, 6.07) is 16.4. The van der Waals surface area contributed by atoms with E-state index in [-0.39, 0.29) is 93.0 Å². The maximum absolute atomic E-state index is 13.5. The number of aliphatic hydroxyl groups excluding tert-OH is 1. The first-order valence-electron chi connectivity index (χ1n) is 22.2. The number of nitrogens with one attached hydrogen (secondary N) is 1. The highest BCUT2D eigenvalue weighted by Gasteiger charge is 2.43. The van der Waals surface area contributed by atoms with Crippen molar-refractivity contribution in [2.75, 3.05) is 18.9 Å². The Morgan fingerprint density at radius 1 is 0.987 bits per heavy atom. The lowest BCUT2D eigenvalue weighted by Crippen LogP contribution is -2.26. The number of aromatic carboxylic acids is 1. The molecular formula is C46H43N6O21P3. The molecule has 1 fully saturated rings. The number of nitro groups is 1. The van der Waals surface area contributed by atoms with E-state index < -0.39 is 71.4 Å². The van der Waals surface area contributed by atoms with Gasteiger partial charge in [0.05, 0.1) is 53.4 Å². The zero-order chi connectivity index (χ0) is 55.0. The fourth-order valence-corrected chi connectivity index (χ4v) is 11.5. The molecule has 1 amide bonds. The van der Waals surface area contributed by atoms with Gasteiger partial charge < -0.3 is 64.4 Å². The molecular weight excluding hydrogens is 1070 g/mol. The molecule has 0 spiro atoms. The molecule has 3 aliphatic rings. The van der Waals surface area contributed by atoms with E-state index in [1.54, 1.807) is 13.8 Å². The molecule has 1 aliphatic carbocycles. The number of carbonyl (C=O) groups excluding carboxylic acids is 1. The van der Waals surface area contributed by atoms with Gasteiger partial charge in [0, 0.05) is 64.0 Å². The zero-order valence-corrected chi connectivity index (χ0v) is 42.0. The lowest BCUT2D eigenvalue weighted by molar-refractivity contribution is -0.386. The summed E-state index contributed by atoms with van der Waals surface area (Å²) in [4.78, 5) is 95.5. The van der Waals surface area contributed by atoms with Gasteiger partial charge in [-0.1, -0.05) is 25.7 Å². The van der Waals surface area contributed by atoms with Gasteiger partial charge in [0.1, 0.15) is 47.2 Å². The molecule has 8 rings (SSSR count). The van der Waals surface area contributed by atoms with Crippen molar-refractivity contribution in [1.82, 2.24) is 19.9 Å². The highest BCUT2D eigenvalue weighted by Crippen LogP contribution is 2.66. The summed E-state index contributed by atoms with van der Waals surface area (Å²) in [6.07, 6.45) is -2.23. The van der Waals surface area contributed by atoms with Gasteiger partial charge in [-0.3, -0.25) is 24.2 Å². The first-order valence-corrected chi connectivity index (χ1v) is 26.8. The third-order valence-electron chi connectivity index (χ3n) is 11.6. The predicted molar refractivity (Wildman–Crippen MR) is 264 cm³/mol. The number of amides is 1. The van der Waals surface area contributed by atoms with Crippen LogP contribution in [0, 0.1) is 27.9 Å². The average Bonchev–Trinajstić information content (AvgIpc) is 3.93. The summed E-state index contributed by atoms with van der Waals surface area (Å²) < 4.78 is 66.7. The number of phosphoric ester groups is 1. The van der Waals surface area contributed by atoms with Crippen molar-refractivity contribution in [2.45, 2.75) is 51.4 Å². The molecule has 2 aliphatic heterocycles. The minimum Gasteiger partial charge on any atom is -0.508 e. The first kappa shape index (κ1) is 55.0. The van der Waals surface area contributed by atoms with Crippen LogP contribution in [0.25, 0.3) is 44.5 Å². The van der Waals surface area contributed by atoms with Crippen molar-refractivity contribution in [3.05, 3.63) is 133 Å². The molecule has 5 aromatic rings. The Labute approximate surface area is 427 Å². The Kier molecular flexibility index (Phi) is 15.8. The number of phenols is 1. The van der Waals surface area contributed by atoms with E-state index in [1.807, 2.05) is 0 Å². The van der Waals surface area contributed by atoms with Crippen LogP contribution < -0.4 is 16.5 Å². The number of carboxylic acid groups (broad SMARTS) is 1. The van der Waals surface area contributed by atoms with Gasteiger partial charge in [-0.15, -0.1) is 0 Å². The Balaban J connectivity index is 0.967.